The fourth-order valence-corrected chi connectivity index (χ4v) is 4.08. The normalized spacial score (nSPS) is 17.2. The summed E-state index contributed by atoms with van der Waals surface area (Å²) in [7, 11) is 0. The number of fused-ring (bicyclic) bond motifs is 1. The average Bonchev–Trinajstić information content (AvgIpc) is 2.67. The maximum atomic E-state index is 13.0. The first-order valence-electron chi connectivity index (χ1n) is 9.28. The molecule has 136 valence electrons. The van der Waals surface area contributed by atoms with E-state index in [-0.39, 0.29) is 5.91 Å². The lowest BCUT2D eigenvalue weighted by molar-refractivity contribution is 0.0733. The van der Waals surface area contributed by atoms with Crippen LogP contribution in [-0.2, 0) is 13.0 Å². The van der Waals surface area contributed by atoms with Crippen molar-refractivity contribution in [1.29, 1.82) is 0 Å². The molecular formula is C20H23ClN4O. The number of aromatic nitrogens is 2. The number of carbonyl (C=O) groups is 1. The first kappa shape index (κ1) is 17.3. The third-order valence-electron chi connectivity index (χ3n) is 5.20. The van der Waals surface area contributed by atoms with Crippen LogP contribution in [0.15, 0.2) is 24.3 Å². The smallest absolute Gasteiger partial charge is 0.255 e. The molecule has 0 bridgehead atoms. The van der Waals surface area contributed by atoms with Gasteiger partial charge in [0.2, 0.25) is 0 Å². The third kappa shape index (κ3) is 3.28. The maximum absolute atomic E-state index is 13.0. The minimum absolute atomic E-state index is 0.0218. The van der Waals surface area contributed by atoms with E-state index in [9.17, 15) is 4.79 Å². The van der Waals surface area contributed by atoms with Crippen molar-refractivity contribution in [2.45, 2.75) is 39.2 Å². The molecule has 6 heteroatoms. The van der Waals surface area contributed by atoms with Crippen LogP contribution in [0.1, 0.15) is 46.7 Å². The van der Waals surface area contributed by atoms with Crippen molar-refractivity contribution in [2.75, 3.05) is 24.5 Å². The zero-order valence-electron chi connectivity index (χ0n) is 15.0. The topological polar surface area (TPSA) is 49.3 Å². The second-order valence-electron chi connectivity index (χ2n) is 7.02. The molecule has 1 amide bonds. The highest BCUT2D eigenvalue weighted by molar-refractivity contribution is 6.33. The van der Waals surface area contributed by atoms with Crippen molar-refractivity contribution in [3.8, 4) is 0 Å². The van der Waals surface area contributed by atoms with Crippen molar-refractivity contribution in [3.63, 3.8) is 0 Å². The summed E-state index contributed by atoms with van der Waals surface area (Å²) in [6.45, 7) is 5.22. The predicted molar refractivity (Wildman–Crippen MR) is 103 cm³/mol. The molecule has 2 aliphatic heterocycles. The lowest BCUT2D eigenvalue weighted by Crippen LogP contribution is -2.39. The number of benzene rings is 1. The van der Waals surface area contributed by atoms with Gasteiger partial charge in [0.15, 0.2) is 0 Å². The zero-order valence-corrected chi connectivity index (χ0v) is 15.8. The summed E-state index contributed by atoms with van der Waals surface area (Å²) < 4.78 is 0. The Hall–Kier alpha value is -2.14. The van der Waals surface area contributed by atoms with Crippen LogP contribution < -0.4 is 4.90 Å². The SMILES string of the molecule is Cc1nc2c(c(N3CCCCC3)n1)CN(C(=O)c1ccccc1Cl)CC2. The van der Waals surface area contributed by atoms with Gasteiger partial charge in [-0.3, -0.25) is 4.79 Å². The number of nitrogens with zero attached hydrogens (tertiary/aromatic N) is 4. The molecule has 1 aromatic carbocycles. The zero-order chi connectivity index (χ0) is 18.1. The molecule has 3 heterocycles. The van der Waals surface area contributed by atoms with Crippen LogP contribution in [0.4, 0.5) is 5.82 Å². The monoisotopic (exact) mass is 370 g/mol. The molecule has 0 N–H and O–H groups in total. The number of halogens is 1. The van der Waals surface area contributed by atoms with Gasteiger partial charge < -0.3 is 9.80 Å². The van der Waals surface area contributed by atoms with Crippen molar-refractivity contribution in [2.24, 2.45) is 0 Å². The van der Waals surface area contributed by atoms with Crippen LogP contribution in [0.25, 0.3) is 0 Å². The van der Waals surface area contributed by atoms with E-state index in [0.29, 0.717) is 23.7 Å². The number of hydrogen-bond donors (Lipinski definition) is 0. The molecule has 1 saturated heterocycles. The lowest BCUT2D eigenvalue weighted by Gasteiger charge is -2.34. The number of piperidine rings is 1. The second-order valence-corrected chi connectivity index (χ2v) is 7.43. The Morgan fingerprint density at radius 1 is 1.08 bits per heavy atom. The Bertz CT molecular complexity index is 833. The third-order valence-corrected chi connectivity index (χ3v) is 5.53. The lowest BCUT2D eigenvalue weighted by atomic mass is 10.0. The fraction of sp³-hybridized carbons (Fsp3) is 0.450. The molecule has 5 nitrogen and oxygen atoms in total. The van der Waals surface area contributed by atoms with Crippen LogP contribution in [0.5, 0.6) is 0 Å². The molecule has 0 spiro atoms. The molecule has 4 rings (SSSR count). The van der Waals surface area contributed by atoms with Gasteiger partial charge in [-0.1, -0.05) is 23.7 Å². The van der Waals surface area contributed by atoms with E-state index in [1.54, 1.807) is 12.1 Å². The summed E-state index contributed by atoms with van der Waals surface area (Å²) in [5, 5.41) is 0.500. The van der Waals surface area contributed by atoms with Gasteiger partial charge in [-0.15, -0.1) is 0 Å². The van der Waals surface area contributed by atoms with E-state index in [2.05, 4.69) is 9.88 Å². The molecule has 1 aromatic heterocycles. The summed E-state index contributed by atoms with van der Waals surface area (Å²) in [5.74, 6) is 1.81. The number of aryl methyl sites for hydroxylation is 1. The van der Waals surface area contributed by atoms with E-state index < -0.39 is 0 Å². The second kappa shape index (κ2) is 7.23. The molecule has 0 unspecified atom stereocenters. The van der Waals surface area contributed by atoms with Crippen LogP contribution in [-0.4, -0.2) is 40.4 Å². The standard InChI is InChI=1S/C20H23ClN4O/c1-14-22-18-9-12-25(20(26)15-7-3-4-8-17(15)21)13-16(18)19(23-14)24-10-5-2-6-11-24/h3-4,7-8H,2,5-6,9-13H2,1H3. The minimum atomic E-state index is -0.0218. The molecule has 0 atom stereocenters. The Morgan fingerprint density at radius 3 is 2.62 bits per heavy atom. The van der Waals surface area contributed by atoms with Crippen molar-refractivity contribution >= 4 is 23.3 Å². The van der Waals surface area contributed by atoms with Gasteiger partial charge in [-0.2, -0.15) is 0 Å². The number of hydrogen-bond acceptors (Lipinski definition) is 4. The molecule has 2 aromatic rings. The Morgan fingerprint density at radius 2 is 1.85 bits per heavy atom. The van der Waals surface area contributed by atoms with Gasteiger partial charge in [-0.25, -0.2) is 9.97 Å². The number of amides is 1. The van der Waals surface area contributed by atoms with Crippen LogP contribution in [0.2, 0.25) is 5.02 Å². The minimum Gasteiger partial charge on any atom is -0.356 e. The van der Waals surface area contributed by atoms with Crippen LogP contribution in [0, 0.1) is 6.92 Å². The Balaban J connectivity index is 1.65. The highest BCUT2D eigenvalue weighted by atomic mass is 35.5. The molecule has 0 radical (unpaired) electrons. The van der Waals surface area contributed by atoms with Gasteiger partial charge >= 0.3 is 0 Å². The van der Waals surface area contributed by atoms with Crippen LogP contribution in [0.3, 0.4) is 0 Å². The van der Waals surface area contributed by atoms with Gasteiger partial charge in [0.1, 0.15) is 11.6 Å². The Kier molecular flexibility index (Phi) is 4.81. The van der Waals surface area contributed by atoms with E-state index in [0.717, 1.165) is 42.4 Å². The first-order chi connectivity index (χ1) is 12.6. The molecule has 0 saturated carbocycles. The molecular weight excluding hydrogens is 348 g/mol. The highest BCUT2D eigenvalue weighted by Crippen LogP contribution is 2.30. The van der Waals surface area contributed by atoms with Gasteiger partial charge in [0.05, 0.1) is 22.8 Å². The molecule has 26 heavy (non-hydrogen) atoms. The van der Waals surface area contributed by atoms with E-state index in [1.807, 2.05) is 24.0 Å². The predicted octanol–water partition coefficient (Wildman–Crippen LogP) is 3.63. The largest absolute Gasteiger partial charge is 0.356 e. The first-order valence-corrected chi connectivity index (χ1v) is 9.66. The van der Waals surface area contributed by atoms with Gasteiger partial charge in [-0.05, 0) is 38.3 Å². The van der Waals surface area contributed by atoms with Crippen molar-refractivity contribution < 1.29 is 4.79 Å². The average molecular weight is 371 g/mol. The molecule has 2 aliphatic rings. The van der Waals surface area contributed by atoms with Crippen molar-refractivity contribution in [3.05, 3.63) is 51.9 Å². The number of carbonyl (C=O) groups excluding carboxylic acids is 1. The summed E-state index contributed by atoms with van der Waals surface area (Å²) in [6, 6.07) is 7.24. The van der Waals surface area contributed by atoms with E-state index in [1.165, 1.54) is 19.3 Å². The van der Waals surface area contributed by atoms with Crippen LogP contribution >= 0.6 is 11.6 Å². The summed E-state index contributed by atoms with van der Waals surface area (Å²) >= 11 is 6.23. The summed E-state index contributed by atoms with van der Waals surface area (Å²) in [6.07, 6.45) is 4.43. The fourth-order valence-electron chi connectivity index (χ4n) is 3.86. The van der Waals surface area contributed by atoms with E-state index in [4.69, 9.17) is 16.6 Å². The van der Waals surface area contributed by atoms with Gasteiger partial charge in [0.25, 0.3) is 5.91 Å². The molecule has 1 fully saturated rings. The number of rotatable bonds is 2. The van der Waals surface area contributed by atoms with E-state index >= 15 is 0 Å². The summed E-state index contributed by atoms with van der Waals surface area (Å²) in [5.41, 5.74) is 2.75. The summed E-state index contributed by atoms with van der Waals surface area (Å²) in [4.78, 5) is 26.6. The Labute approximate surface area is 159 Å². The maximum Gasteiger partial charge on any atom is 0.255 e. The quantitative estimate of drug-likeness (QED) is 0.810. The van der Waals surface area contributed by atoms with Gasteiger partial charge in [0, 0.05) is 31.6 Å². The molecule has 0 aliphatic carbocycles. The highest BCUT2D eigenvalue weighted by Gasteiger charge is 2.28. The number of anilines is 1. The van der Waals surface area contributed by atoms with Crippen molar-refractivity contribution in [1.82, 2.24) is 14.9 Å².